The van der Waals surface area contributed by atoms with Crippen molar-refractivity contribution in [3.63, 3.8) is 0 Å². The summed E-state index contributed by atoms with van der Waals surface area (Å²) in [5.74, 6) is -2.57. The Hall–Kier alpha value is -2.72. The lowest BCUT2D eigenvalue weighted by molar-refractivity contribution is -0.238. The Bertz CT molecular complexity index is 1030. The number of hydrogen-bond acceptors (Lipinski definition) is 8. The van der Waals surface area contributed by atoms with Gasteiger partial charge in [-0.2, -0.15) is 0 Å². The molecule has 4 saturated heterocycles. The second-order valence-electron chi connectivity index (χ2n) is 12.0. The van der Waals surface area contributed by atoms with Crippen LogP contribution in [-0.4, -0.2) is 68.5 Å². The quantitative estimate of drug-likeness (QED) is 0.311. The average molecular weight is 531 g/mol. The number of rotatable bonds is 4. The first-order chi connectivity index (χ1) is 17.9. The topological polar surface area (TPSA) is 151 Å². The first-order valence-electron chi connectivity index (χ1n) is 13.7. The molecule has 0 saturated carbocycles. The van der Waals surface area contributed by atoms with E-state index in [2.05, 4.69) is 10.6 Å². The number of nitrogens with one attached hydrogen (secondary N) is 2. The monoisotopic (exact) mass is 530 g/mol. The van der Waals surface area contributed by atoms with E-state index in [1.807, 2.05) is 24.3 Å². The van der Waals surface area contributed by atoms with Crippen LogP contribution in [0, 0.1) is 23.7 Å². The van der Waals surface area contributed by atoms with Crippen LogP contribution in [0.1, 0.15) is 66.2 Å². The molecule has 4 N–H and O–H groups in total. The maximum Gasteiger partial charge on any atom is 0.339 e. The predicted molar refractivity (Wildman–Crippen MR) is 134 cm³/mol. The molecule has 0 spiro atoms. The van der Waals surface area contributed by atoms with Crippen molar-refractivity contribution in [3.8, 4) is 0 Å². The van der Waals surface area contributed by atoms with Crippen molar-refractivity contribution in [3.05, 3.63) is 24.3 Å². The number of hydrogen-bond donors (Lipinski definition) is 4. The number of amides is 2. The van der Waals surface area contributed by atoms with Gasteiger partial charge >= 0.3 is 11.9 Å². The lowest BCUT2D eigenvalue weighted by Crippen LogP contribution is -2.79. The highest BCUT2D eigenvalue weighted by molar-refractivity contribution is 6.02. The molecule has 10 atom stereocenters. The molecule has 5 unspecified atom stereocenters. The average Bonchev–Trinajstić information content (AvgIpc) is 3.18. The van der Waals surface area contributed by atoms with Gasteiger partial charge in [0, 0.05) is 11.8 Å². The highest BCUT2D eigenvalue weighted by Gasteiger charge is 2.79. The van der Waals surface area contributed by atoms with E-state index in [1.165, 1.54) is 0 Å². The van der Waals surface area contributed by atoms with Crippen molar-refractivity contribution in [1.82, 2.24) is 10.6 Å². The first kappa shape index (κ1) is 26.9. The van der Waals surface area contributed by atoms with Gasteiger partial charge in [0.05, 0.1) is 24.0 Å². The highest BCUT2D eigenvalue weighted by atomic mass is 16.6. The largest absolute Gasteiger partial charge is 0.453 e. The fraction of sp³-hybridized carbons (Fsp3) is 0.714. The van der Waals surface area contributed by atoms with Crippen LogP contribution in [0.3, 0.4) is 0 Å². The number of carbonyl (C=O) groups is 4. The molecule has 6 rings (SSSR count). The highest BCUT2D eigenvalue weighted by Crippen LogP contribution is 2.53. The summed E-state index contributed by atoms with van der Waals surface area (Å²) in [5.41, 5.74) is -4.41. The molecule has 2 aliphatic carbocycles. The summed E-state index contributed by atoms with van der Waals surface area (Å²) in [7, 11) is 0. The van der Waals surface area contributed by atoms with Crippen LogP contribution in [0.2, 0.25) is 0 Å². The molecule has 38 heavy (non-hydrogen) atoms. The minimum Gasteiger partial charge on any atom is -0.453 e. The summed E-state index contributed by atoms with van der Waals surface area (Å²) in [6, 6.07) is 0. The van der Waals surface area contributed by atoms with E-state index >= 15 is 0 Å². The molecular weight excluding hydrogens is 492 g/mol. The van der Waals surface area contributed by atoms with Gasteiger partial charge in [-0.3, -0.25) is 9.59 Å². The van der Waals surface area contributed by atoms with Crippen molar-refractivity contribution in [1.29, 1.82) is 0 Å². The van der Waals surface area contributed by atoms with E-state index in [9.17, 15) is 29.4 Å². The van der Waals surface area contributed by atoms with Crippen molar-refractivity contribution in [2.45, 2.75) is 101 Å². The Balaban J connectivity index is 0.000000155. The van der Waals surface area contributed by atoms with Gasteiger partial charge in [-0.05, 0) is 66.2 Å². The molecule has 10 heteroatoms. The number of ether oxygens (including phenoxy) is 2. The van der Waals surface area contributed by atoms with Crippen molar-refractivity contribution < 1.29 is 38.9 Å². The van der Waals surface area contributed by atoms with Gasteiger partial charge < -0.3 is 30.3 Å². The summed E-state index contributed by atoms with van der Waals surface area (Å²) < 4.78 is 10.5. The van der Waals surface area contributed by atoms with Gasteiger partial charge in [0.1, 0.15) is 0 Å². The molecule has 0 radical (unpaired) electrons. The standard InChI is InChI=1S/2C14H19NO4/c2*1-8-11(17)15-14(12(18)19-13(8,14)2)10(16)9-6-4-3-5-7-9/h2*4,6,8-10,16H,3,5,7H2,1-2H3,(H,15,17)/t8-,9-,10+,13+,14+;/m1./s1. The second kappa shape index (κ2) is 8.91. The summed E-state index contributed by atoms with van der Waals surface area (Å²) in [5, 5.41) is 26.7. The van der Waals surface area contributed by atoms with Crippen molar-refractivity contribution in [2.75, 3.05) is 0 Å². The number of esters is 2. The summed E-state index contributed by atoms with van der Waals surface area (Å²) in [6.45, 7) is 6.92. The molecule has 4 heterocycles. The smallest absolute Gasteiger partial charge is 0.339 e. The summed E-state index contributed by atoms with van der Waals surface area (Å²) >= 11 is 0. The summed E-state index contributed by atoms with van der Waals surface area (Å²) in [4.78, 5) is 47.8. The number of allylic oxidation sites excluding steroid dienone is 2. The Kier molecular flexibility index (Phi) is 6.30. The van der Waals surface area contributed by atoms with Crippen LogP contribution in [-0.2, 0) is 28.7 Å². The second-order valence-corrected chi connectivity index (χ2v) is 12.0. The van der Waals surface area contributed by atoms with E-state index in [1.54, 1.807) is 27.7 Å². The van der Waals surface area contributed by atoms with Gasteiger partial charge in [0.25, 0.3) is 0 Å². The molecule has 10 nitrogen and oxygen atoms in total. The number of carbonyl (C=O) groups excluding carboxylic acids is 4. The van der Waals surface area contributed by atoms with Gasteiger partial charge in [0.15, 0.2) is 11.2 Å². The first-order valence-corrected chi connectivity index (χ1v) is 13.7. The lowest BCUT2D eigenvalue weighted by Gasteiger charge is -2.54. The SMILES string of the molecule is CC1C(=O)NC2(C(O)C3C=CCCC3)C(=O)OC12C.C[C@@H]1C(=O)N[C@@]2([C@@H](O)[C@@H]3C=CCCC3)C(=O)O[C@@]12C. The van der Waals surface area contributed by atoms with E-state index in [4.69, 9.17) is 9.47 Å². The molecule has 0 aromatic heterocycles. The molecule has 4 aliphatic heterocycles. The molecule has 0 aromatic carbocycles. The van der Waals surface area contributed by atoms with Gasteiger partial charge in [-0.15, -0.1) is 0 Å². The maximum absolute atomic E-state index is 12.0. The molecule has 0 bridgehead atoms. The molecular formula is C28H38N2O8. The van der Waals surface area contributed by atoms with Crippen LogP contribution in [0.4, 0.5) is 0 Å². The zero-order valence-electron chi connectivity index (χ0n) is 22.4. The van der Waals surface area contributed by atoms with Gasteiger partial charge in [-0.25, -0.2) is 9.59 Å². The van der Waals surface area contributed by atoms with E-state index in [-0.39, 0.29) is 23.7 Å². The van der Waals surface area contributed by atoms with E-state index in [0.717, 1.165) is 38.5 Å². The minimum atomic E-state index is -1.27. The Morgan fingerprint density at radius 2 is 1.13 bits per heavy atom. The van der Waals surface area contributed by atoms with Crippen LogP contribution >= 0.6 is 0 Å². The predicted octanol–water partition coefficient (Wildman–Crippen LogP) is 1.05. The third-order valence-electron chi connectivity index (χ3n) is 10.2. The lowest BCUT2D eigenvalue weighted by atomic mass is 9.65. The minimum absolute atomic E-state index is 0.105. The molecule has 208 valence electrons. The van der Waals surface area contributed by atoms with Crippen LogP contribution in [0.5, 0.6) is 0 Å². The number of aliphatic hydroxyl groups is 2. The van der Waals surface area contributed by atoms with Crippen LogP contribution in [0.15, 0.2) is 24.3 Å². The van der Waals surface area contributed by atoms with Crippen LogP contribution in [0.25, 0.3) is 0 Å². The van der Waals surface area contributed by atoms with Crippen LogP contribution < -0.4 is 10.6 Å². The zero-order valence-corrected chi connectivity index (χ0v) is 22.4. The fourth-order valence-electron chi connectivity index (χ4n) is 7.16. The van der Waals surface area contributed by atoms with Crippen molar-refractivity contribution in [2.24, 2.45) is 23.7 Å². The number of fused-ring (bicyclic) bond motifs is 2. The Labute approximate surface area is 222 Å². The third-order valence-corrected chi connectivity index (χ3v) is 10.2. The molecule has 6 aliphatic rings. The molecule has 4 fully saturated rings. The van der Waals surface area contributed by atoms with Gasteiger partial charge in [-0.1, -0.05) is 24.3 Å². The van der Waals surface area contributed by atoms with Gasteiger partial charge in [0.2, 0.25) is 22.9 Å². The number of aliphatic hydroxyl groups excluding tert-OH is 2. The summed E-state index contributed by atoms with van der Waals surface area (Å²) in [6.07, 6.45) is 11.7. The Morgan fingerprint density at radius 1 is 0.763 bits per heavy atom. The Morgan fingerprint density at radius 3 is 1.39 bits per heavy atom. The van der Waals surface area contributed by atoms with E-state index < -0.39 is 58.3 Å². The third kappa shape index (κ3) is 3.25. The van der Waals surface area contributed by atoms with E-state index in [0.29, 0.717) is 0 Å². The zero-order chi connectivity index (χ0) is 27.7. The molecule has 2 amide bonds. The molecule has 0 aromatic rings. The normalized spacial score (nSPS) is 46.1. The maximum atomic E-state index is 12.0. The fourth-order valence-corrected chi connectivity index (χ4v) is 7.16. The van der Waals surface area contributed by atoms with Crippen molar-refractivity contribution >= 4 is 23.8 Å².